The molecule has 0 spiro atoms. The Morgan fingerprint density at radius 3 is 2.43 bits per heavy atom. The summed E-state index contributed by atoms with van der Waals surface area (Å²) in [6, 6.07) is 0. The highest BCUT2D eigenvalue weighted by Crippen LogP contribution is 1.97. The monoisotopic (exact) mass is 249 g/mol. The van der Waals surface area contributed by atoms with Crippen LogP contribution in [-0.4, -0.2) is 48.7 Å². The highest BCUT2D eigenvalue weighted by Gasteiger charge is 2.11. The quantitative estimate of drug-likeness (QED) is 0.389. The minimum atomic E-state index is -4.52. The number of hydrogen-bond acceptors (Lipinski definition) is 8. The fraction of sp³-hybridized carbons (Fsp3) is 1.00. The van der Waals surface area contributed by atoms with Crippen LogP contribution >= 0.6 is 0 Å². The van der Waals surface area contributed by atoms with Crippen LogP contribution in [0.2, 0.25) is 0 Å². The molecule has 86 valence electrons. The molecule has 0 aromatic rings. The Bertz CT molecular complexity index is 259. The predicted molar refractivity (Wildman–Crippen MR) is 42.8 cm³/mol. The first-order valence-corrected chi connectivity index (χ1v) is 5.68. The Hall–Kier alpha value is -0.100. The van der Waals surface area contributed by atoms with Gasteiger partial charge in [-0.3, -0.25) is 0 Å². The van der Waals surface area contributed by atoms with Crippen molar-refractivity contribution in [1.82, 2.24) is 0 Å². The topological polar surface area (TPSA) is 122 Å². The van der Waals surface area contributed by atoms with Crippen LogP contribution in [0.15, 0.2) is 0 Å². The van der Waals surface area contributed by atoms with Gasteiger partial charge in [0.1, 0.15) is 11.4 Å². The van der Waals surface area contributed by atoms with E-state index in [1.807, 2.05) is 0 Å². The molecule has 0 amide bonds. The van der Waals surface area contributed by atoms with Gasteiger partial charge >= 0.3 is 10.4 Å². The molecule has 0 bridgehead atoms. The molecule has 0 saturated heterocycles. The van der Waals surface area contributed by atoms with Gasteiger partial charge in [0.05, 0.1) is 26.4 Å². The van der Waals surface area contributed by atoms with Crippen LogP contribution in [0.25, 0.3) is 0 Å². The lowest BCUT2D eigenvalue weighted by Gasteiger charge is -2.06. The first-order valence-electron chi connectivity index (χ1n) is 3.35. The van der Waals surface area contributed by atoms with E-state index < -0.39 is 21.8 Å². The highest BCUT2D eigenvalue weighted by molar-refractivity contribution is 7.92. The SMILES string of the molecule is O=S([O-])OS(=O)(=O)OCCOCCO. The Morgan fingerprint density at radius 1 is 1.29 bits per heavy atom. The summed E-state index contributed by atoms with van der Waals surface area (Å²) in [7, 11) is -4.52. The van der Waals surface area contributed by atoms with Gasteiger partial charge in [0.25, 0.3) is 0 Å². The summed E-state index contributed by atoms with van der Waals surface area (Å²) in [5.41, 5.74) is 0. The first-order chi connectivity index (χ1) is 6.48. The van der Waals surface area contributed by atoms with Crippen LogP contribution in [0.4, 0.5) is 0 Å². The van der Waals surface area contributed by atoms with E-state index >= 15 is 0 Å². The van der Waals surface area contributed by atoms with E-state index in [1.165, 1.54) is 0 Å². The maximum Gasteiger partial charge on any atom is 0.412 e. The summed E-state index contributed by atoms with van der Waals surface area (Å²) in [5.74, 6) is 0. The van der Waals surface area contributed by atoms with Crippen molar-refractivity contribution in [3.63, 3.8) is 0 Å². The first kappa shape index (κ1) is 13.9. The standard InChI is InChI=1S/C4H10O8S2/c5-1-2-10-3-4-11-14(8,9)12-13(6)7/h5H,1-4H2,(H,6,7)/p-1. The van der Waals surface area contributed by atoms with E-state index in [1.54, 1.807) is 0 Å². The van der Waals surface area contributed by atoms with Gasteiger partial charge in [0.15, 0.2) is 0 Å². The van der Waals surface area contributed by atoms with Gasteiger partial charge in [-0.1, -0.05) is 0 Å². The predicted octanol–water partition coefficient (Wildman–Crippen LogP) is -1.93. The third kappa shape index (κ3) is 8.50. The maximum absolute atomic E-state index is 10.5. The average Bonchev–Trinajstić information content (AvgIpc) is 2.01. The summed E-state index contributed by atoms with van der Waals surface area (Å²) in [6.45, 7) is -0.653. The second-order valence-electron chi connectivity index (χ2n) is 1.84. The zero-order valence-electron chi connectivity index (χ0n) is 6.95. The van der Waals surface area contributed by atoms with Crippen molar-refractivity contribution in [1.29, 1.82) is 0 Å². The van der Waals surface area contributed by atoms with Crippen molar-refractivity contribution >= 4 is 21.8 Å². The van der Waals surface area contributed by atoms with Gasteiger partial charge in [0, 0.05) is 0 Å². The molecule has 1 N–H and O–H groups in total. The van der Waals surface area contributed by atoms with Crippen molar-refractivity contribution in [3.05, 3.63) is 0 Å². The van der Waals surface area contributed by atoms with Gasteiger partial charge in [-0.2, -0.15) is 12.0 Å². The molecule has 0 radical (unpaired) electrons. The second-order valence-corrected chi connectivity index (χ2v) is 3.84. The lowest BCUT2D eigenvalue weighted by molar-refractivity contribution is 0.0696. The number of rotatable bonds is 8. The summed E-state index contributed by atoms with van der Waals surface area (Å²) < 4.78 is 52.7. The Morgan fingerprint density at radius 2 is 1.93 bits per heavy atom. The van der Waals surface area contributed by atoms with Gasteiger partial charge in [-0.15, -0.1) is 0 Å². The minimum absolute atomic E-state index is 0.0394. The van der Waals surface area contributed by atoms with Crippen LogP contribution < -0.4 is 0 Å². The molecule has 8 nitrogen and oxygen atoms in total. The van der Waals surface area contributed by atoms with Crippen LogP contribution in [-0.2, 0) is 34.3 Å². The Labute approximate surface area is 83.6 Å². The molecule has 0 aromatic heterocycles. The molecule has 1 atom stereocenters. The van der Waals surface area contributed by atoms with Gasteiger partial charge in [0.2, 0.25) is 0 Å². The number of hydrogen-bond donors (Lipinski definition) is 1. The van der Waals surface area contributed by atoms with Crippen molar-refractivity contribution < 1.29 is 34.8 Å². The van der Waals surface area contributed by atoms with Crippen LogP contribution in [0.5, 0.6) is 0 Å². The van der Waals surface area contributed by atoms with Crippen molar-refractivity contribution in [3.8, 4) is 0 Å². The molecule has 0 aliphatic carbocycles. The summed E-state index contributed by atoms with van der Waals surface area (Å²) in [4.78, 5) is 0. The molecule has 0 aromatic carbocycles. The van der Waals surface area contributed by atoms with Crippen LogP contribution in [0.1, 0.15) is 0 Å². The zero-order valence-corrected chi connectivity index (χ0v) is 8.58. The summed E-state index contributed by atoms with van der Waals surface area (Å²) >= 11 is -3.19. The van der Waals surface area contributed by atoms with E-state index in [-0.39, 0.29) is 26.4 Å². The third-order valence-electron chi connectivity index (χ3n) is 0.830. The Kier molecular flexibility index (Phi) is 7.17. The van der Waals surface area contributed by atoms with Crippen molar-refractivity contribution in [2.45, 2.75) is 0 Å². The molecule has 14 heavy (non-hydrogen) atoms. The molecule has 0 aliphatic rings. The lowest BCUT2D eigenvalue weighted by Crippen LogP contribution is -2.15. The van der Waals surface area contributed by atoms with Gasteiger partial charge < -0.3 is 14.4 Å². The Balaban J connectivity index is 3.61. The van der Waals surface area contributed by atoms with E-state index in [9.17, 15) is 17.2 Å². The fourth-order valence-corrected chi connectivity index (χ4v) is 1.42. The van der Waals surface area contributed by atoms with Gasteiger partial charge in [-0.05, 0) is 0 Å². The minimum Gasteiger partial charge on any atom is -0.749 e. The molecule has 1 unspecified atom stereocenters. The fourth-order valence-electron chi connectivity index (χ4n) is 0.449. The maximum atomic E-state index is 10.5. The molecule has 0 aliphatic heterocycles. The van der Waals surface area contributed by atoms with E-state index in [0.29, 0.717) is 0 Å². The molecular weight excluding hydrogens is 240 g/mol. The molecular formula is C4H9O8S2-. The van der Waals surface area contributed by atoms with Crippen LogP contribution in [0.3, 0.4) is 0 Å². The molecule has 10 heteroatoms. The molecule has 0 fully saturated rings. The number of aliphatic hydroxyl groups excluding tert-OH is 1. The van der Waals surface area contributed by atoms with E-state index in [2.05, 4.69) is 12.5 Å². The summed E-state index contributed by atoms with van der Waals surface area (Å²) in [6.07, 6.45) is 0. The van der Waals surface area contributed by atoms with Gasteiger partial charge in [-0.25, -0.2) is 8.39 Å². The summed E-state index contributed by atoms with van der Waals surface area (Å²) in [5, 5.41) is 8.25. The molecule has 0 saturated carbocycles. The van der Waals surface area contributed by atoms with E-state index in [4.69, 9.17) is 5.11 Å². The molecule has 0 rings (SSSR count). The number of ether oxygens (including phenoxy) is 1. The highest BCUT2D eigenvalue weighted by atomic mass is 32.3. The second kappa shape index (κ2) is 7.23. The largest absolute Gasteiger partial charge is 0.749 e. The smallest absolute Gasteiger partial charge is 0.412 e. The zero-order chi connectivity index (χ0) is 11.0. The molecule has 0 heterocycles. The van der Waals surface area contributed by atoms with Crippen molar-refractivity contribution in [2.24, 2.45) is 0 Å². The normalized spacial score (nSPS) is 14.1. The van der Waals surface area contributed by atoms with E-state index in [0.717, 1.165) is 0 Å². The van der Waals surface area contributed by atoms with Crippen molar-refractivity contribution in [2.75, 3.05) is 26.4 Å². The van der Waals surface area contributed by atoms with Crippen LogP contribution in [0, 0.1) is 0 Å². The third-order valence-corrected chi connectivity index (χ3v) is 2.40. The average molecular weight is 249 g/mol. The number of aliphatic hydroxyl groups is 1. The lowest BCUT2D eigenvalue weighted by atomic mass is 10.7.